The van der Waals surface area contributed by atoms with Crippen LogP contribution in [0.2, 0.25) is 0 Å². The van der Waals surface area contributed by atoms with Gasteiger partial charge in [-0.05, 0) is 12.1 Å². The molecule has 7 heteroatoms. The first-order chi connectivity index (χ1) is 12.6. The van der Waals surface area contributed by atoms with Crippen LogP contribution in [0, 0.1) is 0 Å². The molecule has 1 fully saturated rings. The number of rotatable bonds is 5. The quantitative estimate of drug-likeness (QED) is 0.870. The Labute approximate surface area is 152 Å². The maximum absolute atomic E-state index is 13.2. The monoisotopic (exact) mass is 357 g/mol. The van der Waals surface area contributed by atoms with Gasteiger partial charge in [0.25, 0.3) is 5.91 Å². The van der Waals surface area contributed by atoms with Gasteiger partial charge in [0.1, 0.15) is 5.60 Å². The normalized spacial score (nSPS) is 20.2. The molecule has 26 heavy (non-hydrogen) atoms. The Hall–Kier alpha value is -2.51. The van der Waals surface area contributed by atoms with Crippen molar-refractivity contribution in [3.63, 3.8) is 0 Å². The summed E-state index contributed by atoms with van der Waals surface area (Å²) in [7, 11) is 3.14. The summed E-state index contributed by atoms with van der Waals surface area (Å²) in [5.74, 6) is -0.266. The van der Waals surface area contributed by atoms with Gasteiger partial charge in [0.15, 0.2) is 0 Å². The first kappa shape index (κ1) is 18.3. The van der Waals surface area contributed by atoms with E-state index in [0.29, 0.717) is 24.2 Å². The second-order valence-electron chi connectivity index (χ2n) is 6.42. The highest BCUT2D eigenvalue weighted by Crippen LogP contribution is 2.25. The Kier molecular flexibility index (Phi) is 5.49. The van der Waals surface area contributed by atoms with Gasteiger partial charge in [-0.25, -0.2) is 0 Å². The van der Waals surface area contributed by atoms with E-state index >= 15 is 0 Å². The van der Waals surface area contributed by atoms with Crippen molar-refractivity contribution in [2.75, 3.05) is 40.5 Å². The average molecular weight is 357 g/mol. The third kappa shape index (κ3) is 3.68. The summed E-state index contributed by atoms with van der Waals surface area (Å²) in [4.78, 5) is 31.2. The molecule has 0 spiro atoms. The summed E-state index contributed by atoms with van der Waals surface area (Å²) in [6.45, 7) is 1.33. The molecule has 1 unspecified atom stereocenters. The van der Waals surface area contributed by atoms with Crippen molar-refractivity contribution >= 4 is 22.7 Å². The molecule has 3 rings (SSSR count). The Morgan fingerprint density at radius 3 is 2.92 bits per heavy atom. The van der Waals surface area contributed by atoms with Crippen molar-refractivity contribution < 1.29 is 19.1 Å². The largest absolute Gasteiger partial charge is 0.382 e. The molecule has 2 amide bonds. The van der Waals surface area contributed by atoms with E-state index in [-0.39, 0.29) is 31.4 Å². The molecule has 0 saturated carbocycles. The molecule has 0 bridgehead atoms. The Morgan fingerprint density at radius 2 is 2.15 bits per heavy atom. The van der Waals surface area contributed by atoms with Gasteiger partial charge in [-0.15, -0.1) is 0 Å². The van der Waals surface area contributed by atoms with E-state index in [4.69, 9.17) is 9.47 Å². The molecule has 2 heterocycles. The van der Waals surface area contributed by atoms with Gasteiger partial charge in [-0.2, -0.15) is 0 Å². The number of hydrogen-bond donors (Lipinski definition) is 1. The summed E-state index contributed by atoms with van der Waals surface area (Å²) in [5.41, 5.74) is 0.382. The van der Waals surface area contributed by atoms with Crippen LogP contribution >= 0.6 is 0 Å². The van der Waals surface area contributed by atoms with E-state index in [2.05, 4.69) is 10.3 Å². The molecule has 1 saturated heterocycles. The van der Waals surface area contributed by atoms with Crippen LogP contribution in [0.25, 0.3) is 10.9 Å². The third-order valence-corrected chi connectivity index (χ3v) is 4.57. The zero-order valence-corrected chi connectivity index (χ0v) is 15.0. The minimum atomic E-state index is -0.846. The summed E-state index contributed by atoms with van der Waals surface area (Å²) < 4.78 is 11.2. The van der Waals surface area contributed by atoms with Crippen molar-refractivity contribution in [2.45, 2.75) is 12.0 Å². The Balaban J connectivity index is 1.88. The molecule has 1 atom stereocenters. The zero-order chi connectivity index (χ0) is 18.6. The molecule has 1 N–H and O–H groups in total. The molecular weight excluding hydrogens is 334 g/mol. The summed E-state index contributed by atoms with van der Waals surface area (Å²) in [6, 6.07) is 9.34. The lowest BCUT2D eigenvalue weighted by molar-refractivity contribution is -0.150. The average Bonchev–Trinajstić information content (AvgIpc) is 2.67. The standard InChI is InChI=1S/C19H23N3O4/c1-20-16(23)11-19(13-25-2)12-22(9-10-26-19)18(24)15-7-3-5-14-6-4-8-21-17(14)15/h3-8H,9-13H2,1-2H3,(H,20,23). The second-order valence-corrected chi connectivity index (χ2v) is 6.42. The lowest BCUT2D eigenvalue weighted by Gasteiger charge is -2.42. The minimum Gasteiger partial charge on any atom is -0.382 e. The van der Waals surface area contributed by atoms with Crippen molar-refractivity contribution in [1.82, 2.24) is 15.2 Å². The minimum absolute atomic E-state index is 0.116. The van der Waals surface area contributed by atoms with Crippen LogP contribution in [0.3, 0.4) is 0 Å². The number of nitrogens with one attached hydrogen (secondary N) is 1. The lowest BCUT2D eigenvalue weighted by Crippen LogP contribution is -2.57. The molecule has 2 aromatic rings. The maximum atomic E-state index is 13.2. The highest BCUT2D eigenvalue weighted by Gasteiger charge is 2.40. The van der Waals surface area contributed by atoms with E-state index < -0.39 is 5.60 Å². The highest BCUT2D eigenvalue weighted by molar-refractivity contribution is 6.05. The molecule has 1 aliphatic heterocycles. The number of carbonyl (C=O) groups excluding carboxylic acids is 2. The first-order valence-corrected chi connectivity index (χ1v) is 8.55. The molecule has 0 radical (unpaired) electrons. The van der Waals surface area contributed by atoms with E-state index in [1.807, 2.05) is 24.3 Å². The number of ether oxygens (including phenoxy) is 2. The number of carbonyl (C=O) groups is 2. The van der Waals surface area contributed by atoms with Crippen molar-refractivity contribution in [3.8, 4) is 0 Å². The second kappa shape index (κ2) is 7.80. The Morgan fingerprint density at radius 1 is 1.35 bits per heavy atom. The molecule has 7 nitrogen and oxygen atoms in total. The van der Waals surface area contributed by atoms with E-state index in [1.165, 1.54) is 0 Å². The number of fused-ring (bicyclic) bond motifs is 1. The molecular formula is C19H23N3O4. The van der Waals surface area contributed by atoms with Crippen molar-refractivity contribution in [1.29, 1.82) is 0 Å². The van der Waals surface area contributed by atoms with Crippen LogP contribution in [-0.4, -0.2) is 67.8 Å². The van der Waals surface area contributed by atoms with Crippen LogP contribution in [0.5, 0.6) is 0 Å². The Bertz CT molecular complexity index is 801. The first-order valence-electron chi connectivity index (χ1n) is 8.55. The van der Waals surface area contributed by atoms with Gasteiger partial charge < -0.3 is 19.7 Å². The van der Waals surface area contributed by atoms with Gasteiger partial charge in [0.2, 0.25) is 5.91 Å². The van der Waals surface area contributed by atoms with Crippen molar-refractivity contribution in [3.05, 3.63) is 42.1 Å². The third-order valence-electron chi connectivity index (χ3n) is 4.57. The highest BCUT2D eigenvalue weighted by atomic mass is 16.5. The van der Waals surface area contributed by atoms with Gasteiger partial charge in [0, 0.05) is 32.3 Å². The number of pyridine rings is 1. The van der Waals surface area contributed by atoms with Gasteiger partial charge in [0.05, 0.1) is 37.3 Å². The van der Waals surface area contributed by atoms with Gasteiger partial charge in [-0.1, -0.05) is 18.2 Å². The number of para-hydroxylation sites is 1. The predicted molar refractivity (Wildman–Crippen MR) is 96.9 cm³/mol. The number of aromatic nitrogens is 1. The zero-order valence-electron chi connectivity index (χ0n) is 15.0. The molecule has 1 aliphatic rings. The number of morpholine rings is 1. The van der Waals surface area contributed by atoms with Crippen molar-refractivity contribution in [2.24, 2.45) is 0 Å². The smallest absolute Gasteiger partial charge is 0.256 e. The number of nitrogens with zero attached hydrogens (tertiary/aromatic N) is 2. The molecule has 1 aromatic heterocycles. The fourth-order valence-corrected chi connectivity index (χ4v) is 3.35. The van der Waals surface area contributed by atoms with Crippen LogP contribution in [0.1, 0.15) is 16.8 Å². The number of methoxy groups -OCH3 is 1. The molecule has 138 valence electrons. The van der Waals surface area contributed by atoms with Gasteiger partial charge >= 0.3 is 0 Å². The SMILES string of the molecule is CNC(=O)CC1(COC)CN(C(=O)c2cccc3cccnc23)CCO1. The van der Waals surface area contributed by atoms with Crippen LogP contribution in [0.4, 0.5) is 0 Å². The van der Waals surface area contributed by atoms with Crippen LogP contribution in [0.15, 0.2) is 36.5 Å². The molecule has 1 aromatic carbocycles. The van der Waals surface area contributed by atoms with Crippen LogP contribution in [-0.2, 0) is 14.3 Å². The number of amides is 2. The van der Waals surface area contributed by atoms with Gasteiger partial charge in [-0.3, -0.25) is 14.6 Å². The summed E-state index contributed by atoms with van der Waals surface area (Å²) in [5, 5.41) is 3.52. The topological polar surface area (TPSA) is 80.8 Å². The number of hydrogen-bond acceptors (Lipinski definition) is 5. The van der Waals surface area contributed by atoms with E-state index in [1.54, 1.807) is 31.3 Å². The lowest BCUT2D eigenvalue weighted by atomic mass is 9.96. The summed E-state index contributed by atoms with van der Waals surface area (Å²) in [6.07, 6.45) is 1.81. The number of benzene rings is 1. The van der Waals surface area contributed by atoms with Crippen LogP contribution < -0.4 is 5.32 Å². The van der Waals surface area contributed by atoms with E-state index in [9.17, 15) is 9.59 Å². The summed E-state index contributed by atoms with van der Waals surface area (Å²) >= 11 is 0. The predicted octanol–water partition coefficient (Wildman–Crippen LogP) is 1.23. The van der Waals surface area contributed by atoms with E-state index in [0.717, 1.165) is 5.39 Å². The fraction of sp³-hybridized carbons (Fsp3) is 0.421. The maximum Gasteiger partial charge on any atom is 0.256 e. The molecule has 0 aliphatic carbocycles. The fourth-order valence-electron chi connectivity index (χ4n) is 3.35.